The van der Waals surface area contributed by atoms with Crippen LogP contribution in [0.3, 0.4) is 0 Å². The van der Waals surface area contributed by atoms with Gasteiger partial charge in [0, 0.05) is 12.8 Å². The summed E-state index contributed by atoms with van der Waals surface area (Å²) in [5.41, 5.74) is 0. The van der Waals surface area contributed by atoms with Crippen LogP contribution in [-0.4, -0.2) is 95.0 Å². The highest BCUT2D eigenvalue weighted by Crippen LogP contribution is 2.45. The Morgan fingerprint density at radius 3 is 0.941 bits per heavy atom. The number of carbonyl (C=O) groups is 2. The Morgan fingerprint density at radius 2 is 0.632 bits per heavy atom. The Hall–Kier alpha value is -2.78. The molecule has 0 bridgehead atoms. The van der Waals surface area contributed by atoms with E-state index in [-0.39, 0.29) is 12.8 Å². The Bertz CT molecular complexity index is 1540. The van der Waals surface area contributed by atoms with Crippen LogP contribution in [0.5, 0.6) is 0 Å². The number of allylic oxidation sites excluding steroid dienone is 14. The van der Waals surface area contributed by atoms with Gasteiger partial charge in [0.2, 0.25) is 0 Å². The number of aliphatic hydroxyl groups is 3. The summed E-state index contributed by atoms with van der Waals surface area (Å²) < 4.78 is 53.0. The molecule has 5 atom stereocenters. The molecule has 0 fully saturated rings. The first-order chi connectivity index (χ1) is 32.8. The van der Waals surface area contributed by atoms with Crippen LogP contribution in [0.15, 0.2) is 85.1 Å². The fourth-order valence-corrected chi connectivity index (χ4v) is 7.50. The summed E-state index contributed by atoms with van der Waals surface area (Å²) in [6, 6.07) is 0. The van der Waals surface area contributed by atoms with E-state index in [4.69, 9.17) is 9.47 Å². The lowest BCUT2D eigenvalue weighted by Gasteiger charge is -2.19. The average Bonchev–Trinajstić information content (AvgIpc) is 3.31. The lowest BCUT2D eigenvalue weighted by atomic mass is 10.1. The molecular formula is C51H88O15P2. The van der Waals surface area contributed by atoms with E-state index in [9.17, 15) is 43.8 Å². The van der Waals surface area contributed by atoms with Crippen LogP contribution in [0.4, 0.5) is 0 Å². The minimum atomic E-state index is -4.80. The zero-order valence-electron chi connectivity index (χ0n) is 41.2. The molecule has 0 aromatic rings. The molecule has 0 heterocycles. The van der Waals surface area contributed by atoms with Crippen LogP contribution in [0.1, 0.15) is 168 Å². The molecule has 0 aliphatic carbocycles. The van der Waals surface area contributed by atoms with E-state index >= 15 is 0 Å². The molecule has 0 radical (unpaired) electrons. The molecule has 17 heteroatoms. The molecule has 68 heavy (non-hydrogen) atoms. The van der Waals surface area contributed by atoms with E-state index in [1.54, 1.807) is 0 Å². The number of carbonyl (C=O) groups excluding carboxylic acids is 2. The zero-order valence-corrected chi connectivity index (χ0v) is 43.0. The monoisotopic (exact) mass is 1000 g/mol. The van der Waals surface area contributed by atoms with Crippen molar-refractivity contribution in [1.29, 1.82) is 0 Å². The van der Waals surface area contributed by atoms with Gasteiger partial charge in [-0.25, -0.2) is 9.13 Å². The molecule has 0 saturated heterocycles. The van der Waals surface area contributed by atoms with Gasteiger partial charge < -0.3 is 34.6 Å². The minimum Gasteiger partial charge on any atom is -0.463 e. The number of phosphoric ester groups is 2. The van der Waals surface area contributed by atoms with Gasteiger partial charge in [-0.05, 0) is 96.3 Å². The molecule has 392 valence electrons. The van der Waals surface area contributed by atoms with Crippen LogP contribution in [0.2, 0.25) is 0 Å². The van der Waals surface area contributed by atoms with Crippen molar-refractivity contribution in [3.8, 4) is 0 Å². The number of rotatable bonds is 47. The molecule has 0 amide bonds. The topological polar surface area (TPSA) is 225 Å². The predicted molar refractivity (Wildman–Crippen MR) is 270 cm³/mol. The molecule has 0 aromatic heterocycles. The van der Waals surface area contributed by atoms with Crippen molar-refractivity contribution in [2.24, 2.45) is 0 Å². The summed E-state index contributed by atoms with van der Waals surface area (Å²) in [6.07, 6.45) is 48.5. The molecule has 0 aromatic carbocycles. The highest BCUT2D eigenvalue weighted by atomic mass is 31.2. The first-order valence-electron chi connectivity index (χ1n) is 24.9. The standard InChI is InChI=1S/C51H88O15P2/c1-3-5-7-9-11-13-15-17-19-21-22-24-26-28-30-32-34-36-38-40-51(56)62-42-48(53)44-64-68(59,60)66-46-49(54)45-65-67(57,58)63-43-47(52)41-61-50(55)39-37-35-33-31-29-27-25-23-20-18-16-14-12-10-8-6-4-2/h11-14,17-20,22,24-25,27-28,30,47-49,52-54H,3-10,15-16,21,23,26,29,31-46H2,1-2H3,(H,57,58)(H,59,60)/b13-11-,14-12-,19-17-,20-18-,24-22-,27-25-,30-28-. The molecule has 15 nitrogen and oxygen atoms in total. The fraction of sp³-hybridized carbons (Fsp3) is 0.686. The third-order valence-electron chi connectivity index (χ3n) is 9.82. The van der Waals surface area contributed by atoms with Crippen LogP contribution in [0.25, 0.3) is 0 Å². The molecule has 0 aliphatic rings. The number of hydrogen-bond donors (Lipinski definition) is 5. The maximum Gasteiger partial charge on any atom is 0.472 e. The lowest BCUT2D eigenvalue weighted by Crippen LogP contribution is -2.25. The van der Waals surface area contributed by atoms with Gasteiger partial charge in [0.15, 0.2) is 0 Å². The maximum absolute atomic E-state index is 12.2. The van der Waals surface area contributed by atoms with Crippen LogP contribution in [0, 0.1) is 0 Å². The van der Waals surface area contributed by atoms with Crippen molar-refractivity contribution in [2.45, 2.75) is 186 Å². The molecular weight excluding hydrogens is 914 g/mol. The SMILES string of the molecule is CCCCC/C=C\C/C=C\C/C=C\C/C=C\CCCCCC(=O)OCC(O)COP(=O)(O)OCC(O)COP(=O)(O)OCC(O)COC(=O)CCCCCC/C=C\C/C=C\C/C=C\CCCCC. The van der Waals surface area contributed by atoms with E-state index in [0.717, 1.165) is 89.9 Å². The Labute approximate surface area is 408 Å². The maximum atomic E-state index is 12.2. The second kappa shape index (κ2) is 46.6. The second-order valence-corrected chi connectivity index (χ2v) is 19.4. The van der Waals surface area contributed by atoms with Crippen molar-refractivity contribution in [3.05, 3.63) is 85.1 Å². The quantitative estimate of drug-likeness (QED) is 0.0165. The van der Waals surface area contributed by atoms with Gasteiger partial charge in [0.05, 0.1) is 26.4 Å². The summed E-state index contributed by atoms with van der Waals surface area (Å²) in [5.74, 6) is -1.05. The van der Waals surface area contributed by atoms with Gasteiger partial charge in [-0.1, -0.05) is 144 Å². The molecule has 0 spiro atoms. The van der Waals surface area contributed by atoms with Crippen molar-refractivity contribution in [1.82, 2.24) is 0 Å². The Morgan fingerprint density at radius 1 is 0.382 bits per heavy atom. The third kappa shape index (κ3) is 48.3. The van der Waals surface area contributed by atoms with Gasteiger partial charge in [-0.3, -0.25) is 27.7 Å². The second-order valence-electron chi connectivity index (χ2n) is 16.5. The van der Waals surface area contributed by atoms with Crippen molar-refractivity contribution in [3.63, 3.8) is 0 Å². The smallest absolute Gasteiger partial charge is 0.463 e. The molecule has 0 aliphatic heterocycles. The van der Waals surface area contributed by atoms with E-state index < -0.39 is 85.5 Å². The summed E-state index contributed by atoms with van der Waals surface area (Å²) in [5, 5.41) is 30.0. The Kier molecular flexibility index (Phi) is 44.7. The summed E-state index contributed by atoms with van der Waals surface area (Å²) in [4.78, 5) is 43.8. The van der Waals surface area contributed by atoms with E-state index in [2.05, 4.69) is 117 Å². The number of ether oxygens (including phenoxy) is 2. The Balaban J connectivity index is 3.95. The summed E-state index contributed by atoms with van der Waals surface area (Å²) in [6.45, 7) is 0.283. The van der Waals surface area contributed by atoms with Gasteiger partial charge in [-0.15, -0.1) is 0 Å². The normalized spacial score (nSPS) is 15.7. The number of aliphatic hydroxyl groups excluding tert-OH is 3. The van der Waals surface area contributed by atoms with Crippen molar-refractivity contribution < 1.29 is 71.4 Å². The van der Waals surface area contributed by atoms with Gasteiger partial charge >= 0.3 is 27.6 Å². The fourth-order valence-electron chi connectivity index (χ4n) is 5.91. The van der Waals surface area contributed by atoms with Crippen molar-refractivity contribution >= 4 is 27.6 Å². The number of unbranched alkanes of at least 4 members (excludes halogenated alkanes) is 13. The van der Waals surface area contributed by atoms with Crippen LogP contribution < -0.4 is 0 Å². The molecule has 0 rings (SSSR count). The molecule has 5 N–H and O–H groups in total. The predicted octanol–water partition coefficient (Wildman–Crippen LogP) is 11.7. The van der Waals surface area contributed by atoms with E-state index in [1.165, 1.54) is 38.5 Å². The largest absolute Gasteiger partial charge is 0.472 e. The number of hydrogen-bond acceptors (Lipinski definition) is 13. The van der Waals surface area contributed by atoms with E-state index in [0.29, 0.717) is 12.8 Å². The lowest BCUT2D eigenvalue weighted by molar-refractivity contribution is -0.148. The van der Waals surface area contributed by atoms with Gasteiger partial charge in [0.25, 0.3) is 0 Å². The van der Waals surface area contributed by atoms with E-state index in [1.807, 2.05) is 0 Å². The van der Waals surface area contributed by atoms with Crippen LogP contribution in [-0.2, 0) is 46.3 Å². The van der Waals surface area contributed by atoms with Crippen LogP contribution >= 0.6 is 15.6 Å². The highest BCUT2D eigenvalue weighted by molar-refractivity contribution is 7.47. The molecule has 0 saturated carbocycles. The minimum absolute atomic E-state index is 0.155. The summed E-state index contributed by atoms with van der Waals surface area (Å²) in [7, 11) is -9.60. The first kappa shape index (κ1) is 65.2. The average molecular weight is 1000 g/mol. The van der Waals surface area contributed by atoms with Gasteiger partial charge in [0.1, 0.15) is 31.5 Å². The van der Waals surface area contributed by atoms with Crippen molar-refractivity contribution in [2.75, 3.05) is 39.6 Å². The number of esters is 2. The number of phosphoric acid groups is 2. The van der Waals surface area contributed by atoms with Gasteiger partial charge in [-0.2, -0.15) is 0 Å². The molecule has 5 unspecified atom stereocenters. The third-order valence-corrected chi connectivity index (χ3v) is 11.7. The highest BCUT2D eigenvalue weighted by Gasteiger charge is 2.28. The summed E-state index contributed by atoms with van der Waals surface area (Å²) >= 11 is 0. The zero-order chi connectivity index (χ0) is 50.2. The first-order valence-corrected chi connectivity index (χ1v) is 27.9.